The van der Waals surface area contributed by atoms with Gasteiger partial charge in [-0.3, -0.25) is 9.59 Å². The quantitative estimate of drug-likeness (QED) is 0.697. The van der Waals surface area contributed by atoms with E-state index in [4.69, 9.17) is 0 Å². The molecule has 138 valence electrons. The highest BCUT2D eigenvalue weighted by Crippen LogP contribution is 2.37. The molecule has 3 aromatic rings. The summed E-state index contributed by atoms with van der Waals surface area (Å²) in [5.41, 5.74) is 3.26. The number of amides is 2. The van der Waals surface area contributed by atoms with Crippen LogP contribution in [0.5, 0.6) is 0 Å². The van der Waals surface area contributed by atoms with Crippen LogP contribution in [-0.4, -0.2) is 29.3 Å². The van der Waals surface area contributed by atoms with Gasteiger partial charge in [0.25, 0.3) is 0 Å². The molecule has 2 aliphatic heterocycles. The molecule has 2 N–H and O–H groups in total. The highest BCUT2D eigenvalue weighted by Gasteiger charge is 2.27. The molecule has 28 heavy (non-hydrogen) atoms. The summed E-state index contributed by atoms with van der Waals surface area (Å²) in [6, 6.07) is 19.4. The van der Waals surface area contributed by atoms with Crippen molar-refractivity contribution in [3.8, 4) is 0 Å². The van der Waals surface area contributed by atoms with E-state index in [-0.39, 0.29) is 24.1 Å². The fraction of sp³-hybridized carbons (Fsp3) is 0.0952. The fourth-order valence-corrected chi connectivity index (χ4v) is 4.26. The summed E-state index contributed by atoms with van der Waals surface area (Å²) < 4.78 is 0. The van der Waals surface area contributed by atoms with E-state index < -0.39 is 0 Å². The van der Waals surface area contributed by atoms with E-state index in [2.05, 4.69) is 27.8 Å². The maximum atomic E-state index is 12.8. The number of nitrogens with zero attached hydrogens (tertiary/aromatic N) is 2. The van der Waals surface area contributed by atoms with Crippen molar-refractivity contribution in [2.75, 3.05) is 27.8 Å². The third kappa shape index (κ3) is 2.90. The predicted octanol–water partition coefficient (Wildman–Crippen LogP) is 3.97. The molecule has 0 radical (unpaired) electrons. The molecular formula is C21H16N4O2S. The van der Waals surface area contributed by atoms with E-state index in [1.54, 1.807) is 6.07 Å². The maximum absolute atomic E-state index is 12.8. The largest absolute Gasteiger partial charge is 0.334 e. The van der Waals surface area contributed by atoms with Crippen molar-refractivity contribution < 1.29 is 9.59 Å². The zero-order chi connectivity index (χ0) is 19.1. The number of carbonyl (C=O) groups excluding carboxylic acids is 2. The number of rotatable bonds is 2. The van der Waals surface area contributed by atoms with Crippen molar-refractivity contribution in [2.45, 2.75) is 0 Å². The van der Waals surface area contributed by atoms with Crippen LogP contribution >= 0.6 is 11.8 Å². The second-order valence-corrected chi connectivity index (χ2v) is 7.52. The van der Waals surface area contributed by atoms with Crippen molar-refractivity contribution in [3.05, 3.63) is 60.7 Å². The van der Waals surface area contributed by atoms with Crippen LogP contribution in [0.3, 0.4) is 0 Å². The lowest BCUT2D eigenvalue weighted by Crippen LogP contribution is -2.43. The van der Waals surface area contributed by atoms with E-state index >= 15 is 0 Å². The van der Waals surface area contributed by atoms with Crippen molar-refractivity contribution in [3.63, 3.8) is 0 Å². The van der Waals surface area contributed by atoms with Crippen molar-refractivity contribution in [2.24, 2.45) is 4.99 Å². The number of thioether (sulfide) groups is 1. The molecule has 0 spiro atoms. The molecule has 0 aromatic heterocycles. The number of amidine groups is 1. The molecule has 6 nitrogen and oxygen atoms in total. The minimum Gasteiger partial charge on any atom is -0.334 e. The molecule has 5 rings (SSSR count). The molecule has 0 saturated carbocycles. The van der Waals surface area contributed by atoms with Gasteiger partial charge in [-0.2, -0.15) is 0 Å². The molecule has 2 amide bonds. The van der Waals surface area contributed by atoms with Crippen LogP contribution in [-0.2, 0) is 9.59 Å². The van der Waals surface area contributed by atoms with Crippen LogP contribution in [0.1, 0.15) is 0 Å². The summed E-state index contributed by atoms with van der Waals surface area (Å²) >= 11 is 1.34. The van der Waals surface area contributed by atoms with E-state index in [9.17, 15) is 9.59 Å². The smallest absolute Gasteiger partial charge is 0.244 e. The molecule has 0 unspecified atom stereocenters. The number of nitrogens with one attached hydrogen (secondary N) is 2. The standard InChI is InChI=1S/C21H16N4O2S/c26-18-11-25(17-10-2-1-7-14(17)22-18)19(27)12-28-21-23-15-8-3-5-13-6-4-9-16(24-21)20(13)15/h1-10H,11-12H2,(H,22,26)(H,23,24). The molecular weight excluding hydrogens is 372 g/mol. The number of aliphatic imine (C=N–C) groups is 1. The summed E-state index contributed by atoms with van der Waals surface area (Å²) in [7, 11) is 0. The van der Waals surface area contributed by atoms with E-state index in [0.717, 1.165) is 27.8 Å². The number of carbonyl (C=O) groups is 2. The van der Waals surface area contributed by atoms with Gasteiger partial charge in [0, 0.05) is 5.39 Å². The van der Waals surface area contributed by atoms with Crippen LogP contribution in [0.25, 0.3) is 10.8 Å². The molecule has 0 aliphatic carbocycles. The highest BCUT2D eigenvalue weighted by atomic mass is 32.2. The minimum absolute atomic E-state index is 0.0262. The average molecular weight is 388 g/mol. The molecule has 7 heteroatoms. The Morgan fingerprint density at radius 1 is 1.00 bits per heavy atom. The summed E-state index contributed by atoms with van der Waals surface area (Å²) in [4.78, 5) is 31.0. The van der Waals surface area contributed by atoms with Gasteiger partial charge >= 0.3 is 0 Å². The molecule has 0 atom stereocenters. The van der Waals surface area contributed by atoms with Crippen LogP contribution in [0.2, 0.25) is 0 Å². The Kier molecular flexibility index (Phi) is 4.02. The van der Waals surface area contributed by atoms with Gasteiger partial charge in [-0.1, -0.05) is 48.2 Å². The topological polar surface area (TPSA) is 73.8 Å². The summed E-state index contributed by atoms with van der Waals surface area (Å²) in [5, 5.41) is 9.00. The monoisotopic (exact) mass is 388 g/mol. The van der Waals surface area contributed by atoms with Gasteiger partial charge in [-0.15, -0.1) is 0 Å². The number of benzene rings is 3. The van der Waals surface area contributed by atoms with Gasteiger partial charge in [0.2, 0.25) is 11.8 Å². The van der Waals surface area contributed by atoms with Crippen molar-refractivity contribution in [1.82, 2.24) is 0 Å². The summed E-state index contributed by atoms with van der Waals surface area (Å²) in [6.45, 7) is 0.0262. The Labute approximate surface area is 165 Å². The molecule has 3 aromatic carbocycles. The highest BCUT2D eigenvalue weighted by molar-refractivity contribution is 8.14. The van der Waals surface area contributed by atoms with Gasteiger partial charge in [-0.05, 0) is 29.7 Å². The lowest BCUT2D eigenvalue weighted by atomic mass is 10.1. The number of para-hydroxylation sites is 2. The average Bonchev–Trinajstić information content (AvgIpc) is 2.72. The zero-order valence-electron chi connectivity index (χ0n) is 14.8. The van der Waals surface area contributed by atoms with Crippen LogP contribution in [0, 0.1) is 0 Å². The van der Waals surface area contributed by atoms with E-state index in [0.29, 0.717) is 10.9 Å². The Morgan fingerprint density at radius 3 is 2.68 bits per heavy atom. The second-order valence-electron chi connectivity index (χ2n) is 6.56. The lowest BCUT2D eigenvalue weighted by Gasteiger charge is -2.29. The van der Waals surface area contributed by atoms with E-state index in [1.165, 1.54) is 16.7 Å². The van der Waals surface area contributed by atoms with Crippen molar-refractivity contribution in [1.29, 1.82) is 0 Å². The Morgan fingerprint density at radius 2 is 1.79 bits per heavy atom. The van der Waals surface area contributed by atoms with Crippen LogP contribution < -0.4 is 15.5 Å². The minimum atomic E-state index is -0.189. The lowest BCUT2D eigenvalue weighted by molar-refractivity contribution is -0.120. The Bertz CT molecular complexity index is 1150. The third-order valence-corrected chi connectivity index (χ3v) is 5.61. The normalized spacial score (nSPS) is 14.8. The summed E-state index contributed by atoms with van der Waals surface area (Å²) in [6.07, 6.45) is 0. The Hall–Kier alpha value is -3.32. The SMILES string of the molecule is O=C1CN(C(=O)CSC2=Nc3cccc4cccc(c34)N2)c2ccccc2N1. The number of fused-ring (bicyclic) bond motifs is 1. The molecule has 0 saturated heterocycles. The van der Waals surface area contributed by atoms with Gasteiger partial charge in [0.15, 0.2) is 5.17 Å². The van der Waals surface area contributed by atoms with E-state index in [1.807, 2.05) is 42.5 Å². The van der Waals surface area contributed by atoms with Gasteiger partial charge in [0.1, 0.15) is 6.54 Å². The van der Waals surface area contributed by atoms with Gasteiger partial charge in [-0.25, -0.2) is 4.99 Å². The van der Waals surface area contributed by atoms with Crippen LogP contribution in [0.4, 0.5) is 22.7 Å². The predicted molar refractivity (Wildman–Crippen MR) is 115 cm³/mol. The second kappa shape index (κ2) is 6.69. The molecule has 0 bridgehead atoms. The first-order valence-corrected chi connectivity index (χ1v) is 9.87. The zero-order valence-corrected chi connectivity index (χ0v) is 15.6. The molecule has 2 heterocycles. The fourth-order valence-electron chi connectivity index (χ4n) is 3.50. The number of anilines is 3. The number of hydrogen-bond donors (Lipinski definition) is 2. The maximum Gasteiger partial charge on any atom is 0.244 e. The first-order valence-electron chi connectivity index (χ1n) is 8.88. The molecule has 2 aliphatic rings. The van der Waals surface area contributed by atoms with Crippen molar-refractivity contribution >= 4 is 62.3 Å². The molecule has 0 fully saturated rings. The summed E-state index contributed by atoms with van der Waals surface area (Å²) in [5.74, 6) is -0.134. The Balaban J connectivity index is 1.36. The van der Waals surface area contributed by atoms with Gasteiger partial charge < -0.3 is 15.5 Å². The first-order chi connectivity index (χ1) is 13.7. The number of hydrogen-bond acceptors (Lipinski definition) is 5. The van der Waals surface area contributed by atoms with Crippen LogP contribution in [0.15, 0.2) is 65.7 Å². The third-order valence-electron chi connectivity index (χ3n) is 4.75. The first kappa shape index (κ1) is 16.8. The van der Waals surface area contributed by atoms with Gasteiger partial charge in [0.05, 0.1) is 28.5 Å².